The molecule has 2 aliphatic rings. The zero-order valence-corrected chi connectivity index (χ0v) is 18.8. The maximum absolute atomic E-state index is 13.1. The minimum atomic E-state index is -1.01. The van der Waals surface area contributed by atoms with Crippen LogP contribution in [-0.2, 0) is 22.6 Å². The van der Waals surface area contributed by atoms with Crippen LogP contribution in [0.4, 0.5) is 17.5 Å². The van der Waals surface area contributed by atoms with Crippen LogP contribution in [-0.4, -0.2) is 28.3 Å². The molecule has 0 saturated heterocycles. The first-order valence-corrected chi connectivity index (χ1v) is 11.2. The van der Waals surface area contributed by atoms with Crippen molar-refractivity contribution in [3.63, 3.8) is 0 Å². The summed E-state index contributed by atoms with van der Waals surface area (Å²) in [5.41, 5.74) is 2.42. The molecule has 10 heteroatoms. The predicted molar refractivity (Wildman–Crippen MR) is 127 cm³/mol. The average molecular weight is 484 g/mol. The van der Waals surface area contributed by atoms with Crippen LogP contribution in [0.1, 0.15) is 29.0 Å². The Bertz CT molecular complexity index is 1340. The number of aromatic amines is 1. The van der Waals surface area contributed by atoms with Gasteiger partial charge in [-0.2, -0.15) is 4.98 Å². The van der Waals surface area contributed by atoms with Crippen molar-refractivity contribution in [2.45, 2.75) is 25.3 Å². The second-order valence-corrected chi connectivity index (χ2v) is 8.85. The molecule has 0 fully saturated rings. The van der Waals surface area contributed by atoms with E-state index < -0.39 is 23.3 Å². The predicted octanol–water partition coefficient (Wildman–Crippen LogP) is 3.70. The van der Waals surface area contributed by atoms with Gasteiger partial charge < -0.3 is 15.5 Å². The summed E-state index contributed by atoms with van der Waals surface area (Å²) in [6.45, 7) is 1.26. The summed E-state index contributed by atoms with van der Waals surface area (Å²) in [5.74, 6) is -1.46. The van der Waals surface area contributed by atoms with Gasteiger partial charge in [0.25, 0.3) is 5.56 Å². The smallest absolute Gasteiger partial charge is 0.258 e. The molecule has 1 aromatic heterocycles. The van der Waals surface area contributed by atoms with Gasteiger partial charge in [-0.15, -0.1) is 0 Å². The summed E-state index contributed by atoms with van der Waals surface area (Å²) in [5, 5.41) is 6.01. The van der Waals surface area contributed by atoms with E-state index in [2.05, 4.69) is 26.7 Å². The van der Waals surface area contributed by atoms with Gasteiger partial charge in [-0.1, -0.05) is 47.5 Å². The number of carbonyl (C=O) groups excluding carboxylic acids is 2. The largest absolute Gasteiger partial charge is 0.338 e. The topological polar surface area (TPSA) is 107 Å². The van der Waals surface area contributed by atoms with E-state index in [-0.39, 0.29) is 22.8 Å². The van der Waals surface area contributed by atoms with Gasteiger partial charge in [0.2, 0.25) is 17.8 Å². The molecule has 33 heavy (non-hydrogen) atoms. The fraction of sp³-hybridized carbons (Fsp3) is 0.217. The van der Waals surface area contributed by atoms with Gasteiger partial charge in [0.1, 0.15) is 5.82 Å². The van der Waals surface area contributed by atoms with E-state index in [1.165, 1.54) is 11.6 Å². The third kappa shape index (κ3) is 4.19. The van der Waals surface area contributed by atoms with E-state index in [4.69, 9.17) is 23.2 Å². The number of benzene rings is 2. The van der Waals surface area contributed by atoms with E-state index >= 15 is 0 Å². The fourth-order valence-corrected chi connectivity index (χ4v) is 4.68. The van der Waals surface area contributed by atoms with Crippen LogP contribution in [0.2, 0.25) is 10.0 Å². The first kappa shape index (κ1) is 21.5. The number of hydrogen-bond donors (Lipinski definition) is 3. The number of rotatable bonds is 3. The molecule has 0 bridgehead atoms. The highest BCUT2D eigenvalue weighted by Gasteiger charge is 2.35. The Kier molecular flexibility index (Phi) is 5.55. The van der Waals surface area contributed by atoms with E-state index in [0.29, 0.717) is 29.7 Å². The number of H-pyrrole nitrogens is 1. The van der Waals surface area contributed by atoms with Crippen LogP contribution in [0.15, 0.2) is 47.3 Å². The molecule has 3 N–H and O–H groups in total. The summed E-state index contributed by atoms with van der Waals surface area (Å²) in [6.07, 6.45) is 0.640. The summed E-state index contributed by atoms with van der Waals surface area (Å²) in [6, 6.07) is 12.8. The Morgan fingerprint density at radius 1 is 1.12 bits per heavy atom. The molecule has 3 heterocycles. The number of aromatic nitrogens is 2. The van der Waals surface area contributed by atoms with E-state index in [1.807, 2.05) is 23.1 Å². The van der Waals surface area contributed by atoms with Gasteiger partial charge >= 0.3 is 0 Å². The zero-order chi connectivity index (χ0) is 23.1. The number of nitrogens with one attached hydrogen (secondary N) is 3. The lowest BCUT2D eigenvalue weighted by molar-refractivity contribution is -0.123. The summed E-state index contributed by atoms with van der Waals surface area (Å²) < 4.78 is 0. The molecule has 5 rings (SSSR count). The standard InChI is InChI=1S/C23H19Cl2N5O3/c24-14-5-6-17(16(25)9-14)26-21(32)15-10-18(31)27-20-19(15)22(33)29-23(28-20)30-8-7-12-3-1-2-4-13(12)11-30/h1-6,9,15H,7-8,10-11H2,(H,26,32)(H2,27,28,29,31,33). The van der Waals surface area contributed by atoms with Crippen LogP contribution in [0, 0.1) is 0 Å². The molecule has 1 atom stereocenters. The van der Waals surface area contributed by atoms with Crippen molar-refractivity contribution in [2.75, 3.05) is 22.1 Å². The SMILES string of the molecule is O=C1CC(C(=O)Nc2ccc(Cl)cc2Cl)c2c(nc(N3CCc4ccccc4C3)[nH]c2=O)N1. The van der Waals surface area contributed by atoms with Gasteiger partial charge in [-0.25, -0.2) is 0 Å². The molecule has 2 amide bonds. The lowest BCUT2D eigenvalue weighted by atomic mass is 9.92. The minimum Gasteiger partial charge on any atom is -0.338 e. The summed E-state index contributed by atoms with van der Waals surface area (Å²) in [7, 11) is 0. The summed E-state index contributed by atoms with van der Waals surface area (Å²) in [4.78, 5) is 47.7. The van der Waals surface area contributed by atoms with Crippen molar-refractivity contribution in [3.05, 3.63) is 79.6 Å². The Balaban J connectivity index is 1.45. The molecule has 0 spiro atoms. The molecule has 1 unspecified atom stereocenters. The molecule has 2 aromatic carbocycles. The maximum atomic E-state index is 13.1. The number of anilines is 3. The summed E-state index contributed by atoms with van der Waals surface area (Å²) >= 11 is 12.1. The molecule has 168 valence electrons. The normalized spacial score (nSPS) is 17.1. The molecular weight excluding hydrogens is 465 g/mol. The van der Waals surface area contributed by atoms with Gasteiger partial charge in [-0.05, 0) is 35.7 Å². The quantitative estimate of drug-likeness (QED) is 0.526. The Morgan fingerprint density at radius 2 is 1.91 bits per heavy atom. The number of nitrogens with zero attached hydrogens (tertiary/aromatic N) is 2. The van der Waals surface area contributed by atoms with Crippen LogP contribution in [0.3, 0.4) is 0 Å². The third-order valence-corrected chi connectivity index (χ3v) is 6.42. The van der Waals surface area contributed by atoms with Crippen LogP contribution in [0.5, 0.6) is 0 Å². The number of carbonyl (C=O) groups is 2. The second kappa shape index (κ2) is 8.53. The number of amides is 2. The highest BCUT2D eigenvalue weighted by Crippen LogP contribution is 2.32. The van der Waals surface area contributed by atoms with Crippen LogP contribution >= 0.6 is 23.2 Å². The van der Waals surface area contributed by atoms with Crippen molar-refractivity contribution < 1.29 is 9.59 Å². The molecule has 0 aliphatic carbocycles. The molecule has 2 aliphatic heterocycles. The van der Waals surface area contributed by atoms with E-state index in [0.717, 1.165) is 12.0 Å². The lowest BCUT2D eigenvalue weighted by Crippen LogP contribution is -2.38. The maximum Gasteiger partial charge on any atom is 0.258 e. The van der Waals surface area contributed by atoms with Crippen molar-refractivity contribution in [3.8, 4) is 0 Å². The zero-order valence-electron chi connectivity index (χ0n) is 17.3. The highest BCUT2D eigenvalue weighted by atomic mass is 35.5. The van der Waals surface area contributed by atoms with E-state index in [9.17, 15) is 14.4 Å². The Hall–Kier alpha value is -3.36. The van der Waals surface area contributed by atoms with E-state index in [1.54, 1.807) is 12.1 Å². The van der Waals surface area contributed by atoms with Crippen molar-refractivity contribution in [1.29, 1.82) is 0 Å². The number of halogens is 2. The molecule has 0 saturated carbocycles. The lowest BCUT2D eigenvalue weighted by Gasteiger charge is -2.30. The van der Waals surface area contributed by atoms with Crippen molar-refractivity contribution in [2.24, 2.45) is 0 Å². The van der Waals surface area contributed by atoms with Gasteiger partial charge in [0.05, 0.1) is 22.2 Å². The van der Waals surface area contributed by atoms with Gasteiger partial charge in [0, 0.05) is 24.5 Å². The average Bonchev–Trinajstić information content (AvgIpc) is 2.79. The van der Waals surface area contributed by atoms with Crippen LogP contribution in [0.25, 0.3) is 0 Å². The second-order valence-electron chi connectivity index (χ2n) is 8.01. The molecular formula is C23H19Cl2N5O3. The highest BCUT2D eigenvalue weighted by molar-refractivity contribution is 6.36. The number of fused-ring (bicyclic) bond motifs is 2. The number of hydrogen-bond acceptors (Lipinski definition) is 5. The van der Waals surface area contributed by atoms with Crippen molar-refractivity contribution in [1.82, 2.24) is 9.97 Å². The van der Waals surface area contributed by atoms with Crippen LogP contribution < -0.4 is 21.1 Å². The Labute approximate surface area is 198 Å². The fourth-order valence-electron chi connectivity index (χ4n) is 4.22. The van der Waals surface area contributed by atoms with Crippen molar-refractivity contribution >= 4 is 52.5 Å². The minimum absolute atomic E-state index is 0.103. The molecule has 0 radical (unpaired) electrons. The first-order valence-electron chi connectivity index (χ1n) is 10.4. The van der Waals surface area contributed by atoms with Gasteiger partial charge in [-0.3, -0.25) is 19.4 Å². The Morgan fingerprint density at radius 3 is 2.70 bits per heavy atom. The first-order chi connectivity index (χ1) is 15.9. The molecule has 8 nitrogen and oxygen atoms in total. The molecule has 3 aromatic rings. The third-order valence-electron chi connectivity index (χ3n) is 5.87. The van der Waals surface area contributed by atoms with Gasteiger partial charge in [0.15, 0.2) is 0 Å². The monoisotopic (exact) mass is 483 g/mol.